The summed E-state index contributed by atoms with van der Waals surface area (Å²) in [5.41, 5.74) is 1.68. The lowest BCUT2D eigenvalue weighted by Crippen LogP contribution is -2.38. The number of nitrogens with zero attached hydrogens (tertiary/aromatic N) is 2. The molecule has 11 heteroatoms. The Kier molecular flexibility index (Phi) is 6.81. The zero-order chi connectivity index (χ0) is 25.8. The highest BCUT2D eigenvalue weighted by atomic mass is 16.6. The van der Waals surface area contributed by atoms with Gasteiger partial charge in [-0.25, -0.2) is 9.69 Å². The third kappa shape index (κ3) is 4.94. The molecule has 1 aliphatic heterocycles. The van der Waals surface area contributed by atoms with Crippen LogP contribution in [0.5, 0.6) is 5.75 Å². The SMILES string of the molecule is CCc1ccccc1NC(=O)CN1C(=O)N/C(=C/c2ccc(-c3cc([N+](=O)[O-])ccc3OC)o2)C1=O. The second-order valence-electron chi connectivity index (χ2n) is 7.78. The fourth-order valence-corrected chi connectivity index (χ4v) is 3.72. The van der Waals surface area contributed by atoms with Gasteiger partial charge in [-0.05, 0) is 36.2 Å². The molecule has 4 rings (SSSR count). The maximum absolute atomic E-state index is 12.8. The molecule has 0 spiro atoms. The number of urea groups is 1. The zero-order valence-corrected chi connectivity index (χ0v) is 19.4. The Morgan fingerprint density at radius 1 is 1.19 bits per heavy atom. The van der Waals surface area contributed by atoms with Gasteiger partial charge in [-0.1, -0.05) is 25.1 Å². The van der Waals surface area contributed by atoms with Crippen LogP contribution < -0.4 is 15.4 Å². The average molecular weight is 490 g/mol. The van der Waals surface area contributed by atoms with Gasteiger partial charge in [0.2, 0.25) is 5.91 Å². The van der Waals surface area contributed by atoms with Crippen LogP contribution in [0.2, 0.25) is 0 Å². The van der Waals surface area contributed by atoms with Gasteiger partial charge in [-0.2, -0.15) is 0 Å². The van der Waals surface area contributed by atoms with Crippen LogP contribution in [0, 0.1) is 10.1 Å². The molecule has 1 fully saturated rings. The first kappa shape index (κ1) is 24.2. The molecular weight excluding hydrogens is 468 g/mol. The summed E-state index contributed by atoms with van der Waals surface area (Å²) in [5.74, 6) is -0.361. The van der Waals surface area contributed by atoms with E-state index in [4.69, 9.17) is 9.15 Å². The Bertz CT molecular complexity index is 1390. The maximum Gasteiger partial charge on any atom is 0.329 e. The molecule has 0 atom stereocenters. The summed E-state index contributed by atoms with van der Waals surface area (Å²) in [7, 11) is 1.43. The molecule has 184 valence electrons. The number of non-ortho nitro benzene ring substituents is 1. The van der Waals surface area contributed by atoms with Crippen molar-refractivity contribution in [2.75, 3.05) is 19.0 Å². The van der Waals surface area contributed by atoms with E-state index in [0.29, 0.717) is 23.4 Å². The van der Waals surface area contributed by atoms with Crippen LogP contribution in [0.3, 0.4) is 0 Å². The van der Waals surface area contributed by atoms with Gasteiger partial charge in [0.25, 0.3) is 11.6 Å². The summed E-state index contributed by atoms with van der Waals surface area (Å²) in [6.45, 7) is 1.49. The number of carbonyl (C=O) groups is 3. The molecular formula is C25H22N4O7. The molecule has 11 nitrogen and oxygen atoms in total. The first-order valence-corrected chi connectivity index (χ1v) is 11.0. The number of anilines is 1. The Labute approximate surface area is 205 Å². The Balaban J connectivity index is 1.50. The number of aryl methyl sites for hydroxylation is 1. The topological polar surface area (TPSA) is 144 Å². The number of nitrogens with one attached hydrogen (secondary N) is 2. The van der Waals surface area contributed by atoms with Crippen LogP contribution in [0.25, 0.3) is 17.4 Å². The minimum atomic E-state index is -0.739. The molecule has 0 aliphatic carbocycles. The van der Waals surface area contributed by atoms with Gasteiger partial charge in [0.15, 0.2) is 0 Å². The van der Waals surface area contributed by atoms with Gasteiger partial charge in [0.05, 0.1) is 17.6 Å². The van der Waals surface area contributed by atoms with Crippen molar-refractivity contribution in [2.24, 2.45) is 0 Å². The lowest BCUT2D eigenvalue weighted by molar-refractivity contribution is -0.384. The number of furan rings is 1. The molecule has 0 unspecified atom stereocenters. The van der Waals surface area contributed by atoms with E-state index in [-0.39, 0.29) is 22.9 Å². The normalized spacial score (nSPS) is 14.2. The summed E-state index contributed by atoms with van der Waals surface area (Å²) in [4.78, 5) is 49.1. The van der Waals surface area contributed by atoms with Crippen molar-refractivity contribution in [2.45, 2.75) is 13.3 Å². The first-order valence-electron chi connectivity index (χ1n) is 11.0. The van der Waals surface area contributed by atoms with E-state index in [2.05, 4.69) is 10.6 Å². The number of nitro benzene ring substituents is 1. The van der Waals surface area contributed by atoms with Crippen molar-refractivity contribution >= 4 is 35.3 Å². The third-order valence-electron chi connectivity index (χ3n) is 5.51. The number of rotatable bonds is 8. The van der Waals surface area contributed by atoms with Crippen LogP contribution >= 0.6 is 0 Å². The van der Waals surface area contributed by atoms with Crippen molar-refractivity contribution in [1.82, 2.24) is 10.2 Å². The predicted octanol–water partition coefficient (Wildman–Crippen LogP) is 3.96. The minimum Gasteiger partial charge on any atom is -0.496 e. The van der Waals surface area contributed by atoms with Gasteiger partial charge in [0, 0.05) is 23.9 Å². The number of nitro groups is 1. The summed E-state index contributed by atoms with van der Waals surface area (Å²) in [6.07, 6.45) is 2.03. The van der Waals surface area contributed by atoms with E-state index >= 15 is 0 Å². The van der Waals surface area contributed by atoms with Gasteiger partial charge in [-0.3, -0.25) is 19.7 Å². The Morgan fingerprint density at radius 3 is 2.69 bits per heavy atom. The molecule has 0 saturated carbocycles. The van der Waals surface area contributed by atoms with Gasteiger partial charge < -0.3 is 19.8 Å². The zero-order valence-electron chi connectivity index (χ0n) is 19.4. The average Bonchev–Trinajstić information content (AvgIpc) is 3.44. The van der Waals surface area contributed by atoms with E-state index < -0.39 is 29.3 Å². The van der Waals surface area contributed by atoms with E-state index in [1.165, 1.54) is 37.5 Å². The van der Waals surface area contributed by atoms with E-state index in [0.717, 1.165) is 10.5 Å². The molecule has 2 heterocycles. The van der Waals surface area contributed by atoms with Crippen LogP contribution in [0.1, 0.15) is 18.2 Å². The fourth-order valence-electron chi connectivity index (χ4n) is 3.72. The first-order chi connectivity index (χ1) is 17.3. The molecule has 1 aliphatic rings. The van der Waals surface area contributed by atoms with E-state index in [1.54, 1.807) is 18.2 Å². The second-order valence-corrected chi connectivity index (χ2v) is 7.78. The van der Waals surface area contributed by atoms with Crippen molar-refractivity contribution in [3.8, 4) is 17.1 Å². The number of para-hydroxylation sites is 1. The van der Waals surface area contributed by atoms with Crippen molar-refractivity contribution in [1.29, 1.82) is 0 Å². The lowest BCUT2D eigenvalue weighted by atomic mass is 10.1. The van der Waals surface area contributed by atoms with Gasteiger partial charge in [-0.15, -0.1) is 0 Å². The van der Waals surface area contributed by atoms with E-state index in [9.17, 15) is 24.5 Å². The van der Waals surface area contributed by atoms with Crippen molar-refractivity contribution in [3.05, 3.63) is 81.7 Å². The molecule has 4 amide bonds. The van der Waals surface area contributed by atoms with Gasteiger partial charge in [0.1, 0.15) is 29.5 Å². The number of hydrogen-bond donors (Lipinski definition) is 2. The standard InChI is InChI=1S/C25H22N4O7/c1-3-15-6-4-5-7-19(15)26-23(30)14-28-24(31)20(27-25(28)32)13-17-9-11-22(36-17)18-12-16(29(33)34)8-10-21(18)35-2/h4-13H,3,14H2,1-2H3,(H,26,30)(H,27,32)/b20-13+. The molecule has 1 aromatic heterocycles. The highest BCUT2D eigenvalue weighted by Crippen LogP contribution is 2.34. The summed E-state index contributed by atoms with van der Waals surface area (Å²) in [6, 6.07) is 13.7. The third-order valence-corrected chi connectivity index (χ3v) is 5.51. The summed E-state index contributed by atoms with van der Waals surface area (Å²) in [5, 5.41) is 16.3. The number of benzene rings is 2. The quantitative estimate of drug-likeness (QED) is 0.210. The molecule has 0 radical (unpaired) electrons. The predicted molar refractivity (Wildman–Crippen MR) is 130 cm³/mol. The number of carbonyl (C=O) groups excluding carboxylic acids is 3. The Hall–Kier alpha value is -4.93. The molecule has 36 heavy (non-hydrogen) atoms. The molecule has 3 aromatic rings. The van der Waals surface area contributed by atoms with Crippen molar-refractivity contribution in [3.63, 3.8) is 0 Å². The summed E-state index contributed by atoms with van der Waals surface area (Å²) < 4.78 is 11.0. The highest BCUT2D eigenvalue weighted by Gasteiger charge is 2.35. The monoisotopic (exact) mass is 490 g/mol. The van der Waals surface area contributed by atoms with Crippen molar-refractivity contribution < 1.29 is 28.5 Å². The van der Waals surface area contributed by atoms with E-state index in [1.807, 2.05) is 19.1 Å². The van der Waals surface area contributed by atoms with Crippen LogP contribution in [-0.4, -0.2) is 41.3 Å². The summed E-state index contributed by atoms with van der Waals surface area (Å²) >= 11 is 0. The minimum absolute atomic E-state index is 0.0753. The molecule has 2 N–H and O–H groups in total. The second kappa shape index (κ2) is 10.1. The number of amides is 4. The molecule has 0 bridgehead atoms. The maximum atomic E-state index is 12.8. The fraction of sp³-hybridized carbons (Fsp3) is 0.160. The Morgan fingerprint density at radius 2 is 1.97 bits per heavy atom. The highest BCUT2D eigenvalue weighted by molar-refractivity contribution is 6.15. The molecule has 1 saturated heterocycles. The lowest BCUT2D eigenvalue weighted by Gasteiger charge is -2.13. The number of methoxy groups -OCH3 is 1. The van der Waals surface area contributed by atoms with Crippen LogP contribution in [0.4, 0.5) is 16.2 Å². The molecule has 2 aromatic carbocycles. The van der Waals surface area contributed by atoms with Crippen LogP contribution in [0.15, 0.2) is 64.7 Å². The van der Waals surface area contributed by atoms with Crippen LogP contribution in [-0.2, 0) is 16.0 Å². The number of ether oxygens (including phenoxy) is 1. The largest absolute Gasteiger partial charge is 0.496 e. The smallest absolute Gasteiger partial charge is 0.329 e. The van der Waals surface area contributed by atoms with Gasteiger partial charge >= 0.3 is 6.03 Å². The number of imide groups is 1. The number of hydrogen-bond acceptors (Lipinski definition) is 7.